The molecule has 1 heterocycles. The molecule has 1 aliphatic heterocycles. The Kier molecular flexibility index (Phi) is 6.05. The number of allylic oxidation sites excluding steroid dienone is 1. The molecule has 2 aromatic rings. The van der Waals surface area contributed by atoms with Crippen LogP contribution in [0.3, 0.4) is 0 Å². The van der Waals surface area contributed by atoms with Gasteiger partial charge in [0, 0.05) is 28.4 Å². The van der Waals surface area contributed by atoms with Crippen molar-refractivity contribution in [3.05, 3.63) is 65.2 Å². The van der Waals surface area contributed by atoms with E-state index in [1.54, 1.807) is 16.7 Å². The van der Waals surface area contributed by atoms with Crippen LogP contribution in [0, 0.1) is 0 Å². The highest BCUT2D eigenvalue weighted by molar-refractivity contribution is 7.99. The van der Waals surface area contributed by atoms with Crippen LogP contribution in [0.2, 0.25) is 0 Å². The van der Waals surface area contributed by atoms with Gasteiger partial charge in [0.25, 0.3) is 11.8 Å². The van der Waals surface area contributed by atoms with Gasteiger partial charge >= 0.3 is 0 Å². The molecule has 5 heteroatoms. The maximum absolute atomic E-state index is 13.1. The minimum atomic E-state index is -0.0838. The molecule has 150 valence electrons. The molecule has 0 aromatic heterocycles. The first-order valence-corrected chi connectivity index (χ1v) is 11.2. The maximum Gasteiger partial charge on any atom is 0.259 e. The summed E-state index contributed by atoms with van der Waals surface area (Å²) in [6, 6.07) is 13.3. The Morgan fingerprint density at radius 1 is 1.14 bits per heavy atom. The molecule has 0 fully saturated rings. The van der Waals surface area contributed by atoms with Crippen LogP contribution in [-0.2, 0) is 0 Å². The Hall–Kier alpha value is -2.53. The number of hydrogen-bond acceptors (Lipinski definition) is 3. The standard InChI is InChI=1S/C24H26N2O2S/c1-2-26-20-16-18(23(27)25-15-14-17-8-4-3-5-9-17)12-13-22(20)29-21-11-7-6-10-19(21)24(26)28/h6-8,10-13,16H,2-5,9,14-15H2,1H3,(H,25,27). The van der Waals surface area contributed by atoms with E-state index >= 15 is 0 Å². The minimum Gasteiger partial charge on any atom is -0.352 e. The molecular formula is C24H26N2O2S. The quantitative estimate of drug-likeness (QED) is 0.673. The van der Waals surface area contributed by atoms with Gasteiger partial charge < -0.3 is 10.2 Å². The average molecular weight is 407 g/mol. The van der Waals surface area contributed by atoms with Crippen LogP contribution in [0.25, 0.3) is 0 Å². The van der Waals surface area contributed by atoms with Crippen molar-refractivity contribution in [3.8, 4) is 0 Å². The van der Waals surface area contributed by atoms with Gasteiger partial charge in [0.15, 0.2) is 0 Å². The van der Waals surface area contributed by atoms with Crippen LogP contribution in [-0.4, -0.2) is 24.9 Å². The highest BCUT2D eigenvalue weighted by Crippen LogP contribution is 2.41. The molecule has 0 saturated heterocycles. The van der Waals surface area contributed by atoms with E-state index < -0.39 is 0 Å². The van der Waals surface area contributed by atoms with Gasteiger partial charge in [-0.15, -0.1) is 0 Å². The second-order valence-corrected chi connectivity index (χ2v) is 8.53. The average Bonchev–Trinajstić information content (AvgIpc) is 2.87. The van der Waals surface area contributed by atoms with Crippen LogP contribution in [0.5, 0.6) is 0 Å². The Morgan fingerprint density at radius 2 is 2.00 bits per heavy atom. The topological polar surface area (TPSA) is 49.4 Å². The maximum atomic E-state index is 13.1. The highest BCUT2D eigenvalue weighted by atomic mass is 32.2. The largest absolute Gasteiger partial charge is 0.352 e. The number of carbonyl (C=O) groups excluding carboxylic acids is 2. The number of hydrogen-bond donors (Lipinski definition) is 1. The van der Waals surface area contributed by atoms with Gasteiger partial charge in [0.1, 0.15) is 0 Å². The molecule has 0 spiro atoms. The first kappa shape index (κ1) is 19.8. The lowest BCUT2D eigenvalue weighted by atomic mass is 9.97. The van der Waals surface area contributed by atoms with E-state index in [2.05, 4.69) is 11.4 Å². The van der Waals surface area contributed by atoms with Crippen molar-refractivity contribution in [2.75, 3.05) is 18.0 Å². The molecule has 0 radical (unpaired) electrons. The lowest BCUT2D eigenvalue weighted by molar-refractivity contribution is 0.0950. The Labute approximate surface area is 176 Å². The SMILES string of the molecule is CCN1C(=O)c2ccccc2Sc2ccc(C(=O)NCCC3=CCCCC3)cc21. The number of fused-ring (bicyclic) bond motifs is 2. The Morgan fingerprint density at radius 3 is 2.79 bits per heavy atom. The molecule has 0 saturated carbocycles. The zero-order valence-electron chi connectivity index (χ0n) is 16.7. The van der Waals surface area contributed by atoms with Crippen LogP contribution in [0.1, 0.15) is 59.7 Å². The molecule has 4 nitrogen and oxygen atoms in total. The number of anilines is 1. The summed E-state index contributed by atoms with van der Waals surface area (Å²) in [5.74, 6) is -0.101. The molecule has 0 atom stereocenters. The van der Waals surface area contributed by atoms with E-state index in [9.17, 15) is 9.59 Å². The highest BCUT2D eigenvalue weighted by Gasteiger charge is 2.26. The number of benzene rings is 2. The van der Waals surface area contributed by atoms with Crippen LogP contribution in [0.4, 0.5) is 5.69 Å². The smallest absolute Gasteiger partial charge is 0.259 e. The number of nitrogens with zero attached hydrogens (tertiary/aromatic N) is 1. The van der Waals surface area contributed by atoms with E-state index in [0.29, 0.717) is 24.2 Å². The lowest BCUT2D eigenvalue weighted by Crippen LogP contribution is -2.31. The lowest BCUT2D eigenvalue weighted by Gasteiger charge is -2.21. The van der Waals surface area contributed by atoms with E-state index in [1.165, 1.54) is 18.4 Å². The van der Waals surface area contributed by atoms with Gasteiger partial charge in [-0.1, -0.05) is 35.5 Å². The molecular weight excluding hydrogens is 380 g/mol. The predicted octanol–water partition coefficient (Wildman–Crippen LogP) is 5.44. The van der Waals surface area contributed by atoms with Crippen molar-refractivity contribution < 1.29 is 9.59 Å². The van der Waals surface area contributed by atoms with Crippen LogP contribution < -0.4 is 10.2 Å². The van der Waals surface area contributed by atoms with E-state index in [1.807, 2.05) is 49.4 Å². The second-order valence-electron chi connectivity index (χ2n) is 7.44. The first-order valence-electron chi connectivity index (χ1n) is 10.4. The number of amides is 2. The van der Waals surface area contributed by atoms with Gasteiger partial charge in [-0.3, -0.25) is 9.59 Å². The summed E-state index contributed by atoms with van der Waals surface area (Å²) in [5, 5.41) is 3.04. The second kappa shape index (κ2) is 8.87. The van der Waals surface area contributed by atoms with Gasteiger partial charge in [-0.25, -0.2) is 0 Å². The molecule has 4 rings (SSSR count). The first-order chi connectivity index (χ1) is 14.2. The third-order valence-corrected chi connectivity index (χ3v) is 6.67. The van der Waals surface area contributed by atoms with E-state index in [4.69, 9.17) is 0 Å². The summed E-state index contributed by atoms with van der Waals surface area (Å²) >= 11 is 1.58. The number of rotatable bonds is 5. The normalized spacial score (nSPS) is 15.8. The van der Waals surface area contributed by atoms with Gasteiger partial charge in [0.05, 0.1) is 11.3 Å². The molecule has 2 aromatic carbocycles. The van der Waals surface area contributed by atoms with E-state index in [0.717, 1.165) is 34.7 Å². The van der Waals surface area contributed by atoms with Gasteiger partial charge in [-0.05, 0) is 69.4 Å². The third-order valence-electron chi connectivity index (χ3n) is 5.53. The minimum absolute atomic E-state index is 0.0175. The van der Waals surface area contributed by atoms with Crippen molar-refractivity contribution >= 4 is 29.3 Å². The summed E-state index contributed by atoms with van der Waals surface area (Å²) in [4.78, 5) is 29.5. The molecule has 2 amide bonds. The van der Waals surface area contributed by atoms with E-state index in [-0.39, 0.29) is 11.8 Å². The third kappa shape index (κ3) is 4.25. The predicted molar refractivity (Wildman–Crippen MR) is 118 cm³/mol. The van der Waals surface area contributed by atoms with Gasteiger partial charge in [0.2, 0.25) is 0 Å². The van der Waals surface area contributed by atoms with Crippen molar-refractivity contribution in [3.63, 3.8) is 0 Å². The zero-order valence-corrected chi connectivity index (χ0v) is 17.6. The summed E-state index contributed by atoms with van der Waals surface area (Å²) in [6.07, 6.45) is 8.08. The zero-order chi connectivity index (χ0) is 20.2. The fraction of sp³-hybridized carbons (Fsp3) is 0.333. The van der Waals surface area contributed by atoms with Crippen molar-refractivity contribution in [2.45, 2.75) is 48.8 Å². The van der Waals surface area contributed by atoms with Crippen LogP contribution in [0.15, 0.2) is 63.9 Å². The monoisotopic (exact) mass is 406 g/mol. The fourth-order valence-electron chi connectivity index (χ4n) is 3.95. The molecule has 0 unspecified atom stereocenters. The van der Waals surface area contributed by atoms with Gasteiger partial charge in [-0.2, -0.15) is 0 Å². The molecule has 1 aliphatic carbocycles. The molecule has 1 N–H and O–H groups in total. The van der Waals surface area contributed by atoms with Crippen molar-refractivity contribution in [2.24, 2.45) is 0 Å². The van der Waals surface area contributed by atoms with Crippen molar-refractivity contribution in [1.29, 1.82) is 0 Å². The number of nitrogens with one attached hydrogen (secondary N) is 1. The molecule has 2 aliphatic rings. The van der Waals surface area contributed by atoms with Crippen molar-refractivity contribution in [1.82, 2.24) is 5.32 Å². The molecule has 0 bridgehead atoms. The summed E-state index contributed by atoms with van der Waals surface area (Å²) < 4.78 is 0. The summed E-state index contributed by atoms with van der Waals surface area (Å²) in [6.45, 7) is 3.17. The fourth-order valence-corrected chi connectivity index (χ4v) is 5.00. The Bertz CT molecular complexity index is 967. The summed E-state index contributed by atoms with van der Waals surface area (Å²) in [7, 11) is 0. The number of carbonyl (C=O) groups is 2. The summed E-state index contributed by atoms with van der Waals surface area (Å²) in [5.41, 5.74) is 3.57. The Balaban J connectivity index is 1.53. The molecule has 29 heavy (non-hydrogen) atoms. The van der Waals surface area contributed by atoms with Crippen LogP contribution >= 0.6 is 11.8 Å².